The summed E-state index contributed by atoms with van der Waals surface area (Å²) >= 11 is 0. The predicted molar refractivity (Wildman–Crippen MR) is 127 cm³/mol. The van der Waals surface area contributed by atoms with Crippen molar-refractivity contribution in [1.82, 2.24) is 10.6 Å². The van der Waals surface area contributed by atoms with E-state index in [-0.39, 0.29) is 29.0 Å². The maximum Gasteiger partial charge on any atom is 0.268 e. The van der Waals surface area contributed by atoms with Gasteiger partial charge in [-0.1, -0.05) is 61.9 Å². The summed E-state index contributed by atoms with van der Waals surface area (Å²) in [5.74, 6) is -0.231. The Labute approximate surface area is 189 Å². The summed E-state index contributed by atoms with van der Waals surface area (Å²) in [6.45, 7) is 8.23. The Morgan fingerprint density at radius 3 is 2.31 bits per heavy atom. The molecule has 0 aliphatic rings. The van der Waals surface area contributed by atoms with Crippen molar-refractivity contribution in [3.05, 3.63) is 101 Å². The van der Waals surface area contributed by atoms with Crippen molar-refractivity contribution in [1.29, 1.82) is 0 Å². The van der Waals surface area contributed by atoms with Gasteiger partial charge in [0.2, 0.25) is 0 Å². The lowest BCUT2D eigenvalue weighted by atomic mass is 9.79. The zero-order valence-electron chi connectivity index (χ0n) is 19.0. The lowest BCUT2D eigenvalue weighted by Crippen LogP contribution is -2.41. The smallest absolute Gasteiger partial charge is 0.268 e. The number of rotatable bonds is 8. The number of nitrogens with one attached hydrogen (secondary N) is 2. The predicted octanol–water partition coefficient (Wildman–Crippen LogP) is 5.23. The number of carbonyl (C=O) groups excluding carboxylic acids is 2. The van der Waals surface area contributed by atoms with Gasteiger partial charge in [-0.3, -0.25) is 9.59 Å². The van der Waals surface area contributed by atoms with Gasteiger partial charge in [-0.2, -0.15) is 0 Å². The zero-order chi connectivity index (χ0) is 23.1. The Morgan fingerprint density at radius 1 is 1.00 bits per heavy atom. The minimum Gasteiger partial charge on any atom is -0.465 e. The highest BCUT2D eigenvalue weighted by atomic mass is 16.3. The first-order valence-corrected chi connectivity index (χ1v) is 10.7. The molecular formula is C27H30N2O3. The van der Waals surface area contributed by atoms with E-state index in [9.17, 15) is 9.59 Å². The summed E-state index contributed by atoms with van der Waals surface area (Å²) in [4.78, 5) is 25.8. The standard InChI is InChI=1S/C27H30N2O3/c1-19-12-14-21(15-13-19)25(30)29-24(17-23-11-8-16-32-23)26(31)28-20(2)18-27(3,4)22-9-6-5-7-10-22/h5-17,20H,18H2,1-4H3,(H,28,31)(H,29,30)/b24-17-/t20-/m0/s1. The van der Waals surface area contributed by atoms with Gasteiger partial charge in [0.1, 0.15) is 11.5 Å². The minimum absolute atomic E-state index is 0.117. The van der Waals surface area contributed by atoms with E-state index in [1.165, 1.54) is 17.9 Å². The van der Waals surface area contributed by atoms with Crippen molar-refractivity contribution < 1.29 is 14.0 Å². The molecule has 0 bridgehead atoms. The first-order chi connectivity index (χ1) is 15.2. The summed E-state index contributed by atoms with van der Waals surface area (Å²) in [5, 5.41) is 5.76. The fourth-order valence-corrected chi connectivity index (χ4v) is 3.70. The Bertz CT molecular complexity index is 1070. The highest BCUT2D eigenvalue weighted by Crippen LogP contribution is 2.28. The van der Waals surface area contributed by atoms with E-state index >= 15 is 0 Å². The molecule has 5 heteroatoms. The van der Waals surface area contributed by atoms with Crippen molar-refractivity contribution in [3.8, 4) is 0 Å². The molecule has 0 unspecified atom stereocenters. The van der Waals surface area contributed by atoms with Crippen molar-refractivity contribution in [2.45, 2.75) is 45.6 Å². The SMILES string of the molecule is Cc1ccc(C(=O)N/C(=C\c2ccco2)C(=O)N[C@@H](C)CC(C)(C)c2ccccc2)cc1. The van der Waals surface area contributed by atoms with Gasteiger partial charge >= 0.3 is 0 Å². The third kappa shape index (κ3) is 6.20. The summed E-state index contributed by atoms with van der Waals surface area (Å²) < 4.78 is 5.35. The van der Waals surface area contributed by atoms with E-state index in [4.69, 9.17) is 4.42 Å². The number of hydrogen-bond acceptors (Lipinski definition) is 3. The van der Waals surface area contributed by atoms with Gasteiger partial charge in [-0.15, -0.1) is 0 Å². The zero-order valence-corrected chi connectivity index (χ0v) is 19.0. The normalized spacial score (nSPS) is 12.8. The number of amides is 2. The number of hydrogen-bond donors (Lipinski definition) is 2. The molecule has 0 radical (unpaired) electrons. The van der Waals surface area contributed by atoms with Gasteiger partial charge in [0, 0.05) is 17.7 Å². The molecule has 0 aliphatic carbocycles. The molecule has 2 aromatic carbocycles. The number of furan rings is 1. The lowest BCUT2D eigenvalue weighted by molar-refractivity contribution is -0.118. The first-order valence-electron chi connectivity index (χ1n) is 10.7. The third-order valence-electron chi connectivity index (χ3n) is 5.39. The number of carbonyl (C=O) groups is 2. The molecule has 166 valence electrons. The summed E-state index contributed by atoms with van der Waals surface area (Å²) in [5.41, 5.74) is 2.76. The number of benzene rings is 2. The van der Waals surface area contributed by atoms with E-state index in [0.717, 1.165) is 12.0 Å². The Morgan fingerprint density at radius 2 is 1.69 bits per heavy atom. The molecule has 0 spiro atoms. The molecular weight excluding hydrogens is 400 g/mol. The fraction of sp³-hybridized carbons (Fsp3) is 0.259. The van der Waals surface area contributed by atoms with Crippen LogP contribution in [0.2, 0.25) is 0 Å². The van der Waals surface area contributed by atoms with Crippen LogP contribution in [0, 0.1) is 6.92 Å². The molecule has 5 nitrogen and oxygen atoms in total. The van der Waals surface area contributed by atoms with E-state index < -0.39 is 0 Å². The van der Waals surface area contributed by atoms with Crippen LogP contribution in [0.1, 0.15) is 54.4 Å². The van der Waals surface area contributed by atoms with Crippen LogP contribution in [0.3, 0.4) is 0 Å². The van der Waals surface area contributed by atoms with Crippen LogP contribution >= 0.6 is 0 Å². The van der Waals surface area contributed by atoms with Crippen LogP contribution in [0.5, 0.6) is 0 Å². The molecule has 3 aromatic rings. The molecule has 3 rings (SSSR count). The Hall–Kier alpha value is -3.60. The second-order valence-corrected chi connectivity index (χ2v) is 8.72. The second-order valence-electron chi connectivity index (χ2n) is 8.72. The monoisotopic (exact) mass is 430 g/mol. The molecule has 1 atom stereocenters. The molecule has 0 fully saturated rings. The third-order valence-corrected chi connectivity index (χ3v) is 5.39. The molecule has 0 saturated heterocycles. The van der Waals surface area contributed by atoms with Crippen LogP contribution in [0.25, 0.3) is 6.08 Å². The van der Waals surface area contributed by atoms with Crippen LogP contribution in [0.4, 0.5) is 0 Å². The topological polar surface area (TPSA) is 71.3 Å². The maximum atomic E-state index is 13.1. The second kappa shape index (κ2) is 10.1. The van der Waals surface area contributed by atoms with Crippen LogP contribution in [0.15, 0.2) is 83.1 Å². The molecule has 0 saturated carbocycles. The molecule has 1 heterocycles. The largest absolute Gasteiger partial charge is 0.465 e. The van der Waals surface area contributed by atoms with Crippen LogP contribution in [-0.4, -0.2) is 17.9 Å². The van der Waals surface area contributed by atoms with Gasteiger partial charge in [0.05, 0.1) is 6.26 Å². The molecule has 2 N–H and O–H groups in total. The van der Waals surface area contributed by atoms with Gasteiger partial charge in [0.15, 0.2) is 0 Å². The van der Waals surface area contributed by atoms with Gasteiger partial charge < -0.3 is 15.1 Å². The highest BCUT2D eigenvalue weighted by Gasteiger charge is 2.25. The molecule has 1 aromatic heterocycles. The summed E-state index contributed by atoms with van der Waals surface area (Å²) in [6, 6.07) is 20.8. The van der Waals surface area contributed by atoms with E-state index in [0.29, 0.717) is 11.3 Å². The van der Waals surface area contributed by atoms with E-state index in [1.807, 2.05) is 44.2 Å². The average molecular weight is 431 g/mol. The number of aryl methyl sites for hydroxylation is 1. The highest BCUT2D eigenvalue weighted by molar-refractivity contribution is 6.05. The van der Waals surface area contributed by atoms with Gasteiger partial charge in [0.25, 0.3) is 11.8 Å². The van der Waals surface area contributed by atoms with Crippen molar-refractivity contribution >= 4 is 17.9 Å². The fourth-order valence-electron chi connectivity index (χ4n) is 3.70. The molecule has 2 amide bonds. The van der Waals surface area contributed by atoms with Crippen molar-refractivity contribution in [3.63, 3.8) is 0 Å². The van der Waals surface area contributed by atoms with E-state index in [2.05, 4.69) is 36.6 Å². The maximum absolute atomic E-state index is 13.1. The Balaban J connectivity index is 1.73. The van der Waals surface area contributed by atoms with Crippen LogP contribution in [-0.2, 0) is 10.2 Å². The first kappa shape index (κ1) is 23.1. The van der Waals surface area contributed by atoms with Crippen molar-refractivity contribution in [2.75, 3.05) is 0 Å². The van der Waals surface area contributed by atoms with E-state index in [1.54, 1.807) is 24.3 Å². The lowest BCUT2D eigenvalue weighted by Gasteiger charge is -2.29. The summed E-state index contributed by atoms with van der Waals surface area (Å²) in [7, 11) is 0. The quantitative estimate of drug-likeness (QED) is 0.481. The van der Waals surface area contributed by atoms with Crippen molar-refractivity contribution in [2.24, 2.45) is 0 Å². The summed E-state index contributed by atoms with van der Waals surface area (Å²) in [6.07, 6.45) is 3.80. The minimum atomic E-state index is -0.363. The van der Waals surface area contributed by atoms with Gasteiger partial charge in [-0.05, 0) is 55.5 Å². The van der Waals surface area contributed by atoms with Gasteiger partial charge in [-0.25, -0.2) is 0 Å². The van der Waals surface area contributed by atoms with Crippen LogP contribution < -0.4 is 10.6 Å². The average Bonchev–Trinajstić information content (AvgIpc) is 3.27. The Kier molecular flexibility index (Phi) is 7.31. The molecule has 0 aliphatic heterocycles. The molecule has 32 heavy (non-hydrogen) atoms.